The molecular weight excluding hydrogens is 838 g/mol. The van der Waals surface area contributed by atoms with Crippen LogP contribution in [0.4, 0.5) is 41.7 Å². The molecule has 17 heteroatoms. The van der Waals surface area contributed by atoms with Gasteiger partial charge in [0.25, 0.3) is 5.91 Å². The number of benzene rings is 2. The first-order chi connectivity index (χ1) is 31.4. The van der Waals surface area contributed by atoms with E-state index in [0.717, 1.165) is 114 Å². The van der Waals surface area contributed by atoms with E-state index < -0.39 is 23.5 Å². The molecule has 2 N–H and O–H groups in total. The first-order valence-electron chi connectivity index (χ1n) is 23.2. The number of alkyl halides is 3. The van der Waals surface area contributed by atoms with E-state index in [2.05, 4.69) is 46.1 Å². The quantitative estimate of drug-likeness (QED) is 0.184. The third-order valence-electron chi connectivity index (χ3n) is 14.6. The van der Waals surface area contributed by atoms with Gasteiger partial charge in [0, 0.05) is 114 Å². The Bertz CT molecular complexity index is 2290. The van der Waals surface area contributed by atoms with Crippen LogP contribution in [0.25, 0.3) is 4.85 Å². The predicted molar refractivity (Wildman–Crippen MR) is 241 cm³/mol. The second-order valence-corrected chi connectivity index (χ2v) is 18.7. The molecule has 0 radical (unpaired) electrons. The van der Waals surface area contributed by atoms with Gasteiger partial charge in [0.15, 0.2) is 5.69 Å². The Kier molecular flexibility index (Phi) is 13.0. The molecule has 1 unspecified atom stereocenters. The van der Waals surface area contributed by atoms with E-state index in [0.29, 0.717) is 67.8 Å². The molecule has 6 aliphatic heterocycles. The summed E-state index contributed by atoms with van der Waals surface area (Å²) in [5, 5.41) is 5.32. The molecule has 7 heterocycles. The van der Waals surface area contributed by atoms with E-state index in [1.807, 2.05) is 35.4 Å². The maximum Gasteiger partial charge on any atom is 0.407 e. The van der Waals surface area contributed by atoms with Crippen LogP contribution in [-0.2, 0) is 27.1 Å². The molecule has 2 aromatic carbocycles. The van der Waals surface area contributed by atoms with E-state index >= 15 is 0 Å². The minimum absolute atomic E-state index is 0.134. The van der Waals surface area contributed by atoms with E-state index in [-0.39, 0.29) is 36.0 Å². The third-order valence-corrected chi connectivity index (χ3v) is 14.6. The van der Waals surface area contributed by atoms with Crippen molar-refractivity contribution in [3.8, 4) is 0 Å². The Labute approximate surface area is 377 Å². The van der Waals surface area contributed by atoms with Crippen LogP contribution in [0.1, 0.15) is 72.9 Å². The van der Waals surface area contributed by atoms with Gasteiger partial charge in [-0.2, -0.15) is 13.2 Å². The Morgan fingerprint density at radius 2 is 1.31 bits per heavy atom. The molecule has 344 valence electrons. The summed E-state index contributed by atoms with van der Waals surface area (Å²) in [6.07, 6.45) is 3.35. The van der Waals surface area contributed by atoms with Crippen LogP contribution in [0.3, 0.4) is 0 Å². The van der Waals surface area contributed by atoms with Gasteiger partial charge in [0.2, 0.25) is 17.7 Å². The fourth-order valence-electron chi connectivity index (χ4n) is 10.7. The number of hydrogen-bond donors (Lipinski definition) is 2. The highest BCUT2D eigenvalue weighted by Crippen LogP contribution is 2.40. The van der Waals surface area contributed by atoms with Gasteiger partial charge in [-0.3, -0.25) is 24.5 Å². The zero-order valence-electron chi connectivity index (χ0n) is 36.7. The fraction of sp³-hybridized carbons (Fsp3) is 0.542. The molecule has 3 aromatic rings. The summed E-state index contributed by atoms with van der Waals surface area (Å²) in [7, 11) is 0. The van der Waals surface area contributed by atoms with Crippen LogP contribution < -0.4 is 25.3 Å². The van der Waals surface area contributed by atoms with Crippen molar-refractivity contribution in [2.24, 2.45) is 17.8 Å². The summed E-state index contributed by atoms with van der Waals surface area (Å²) in [4.78, 5) is 71.5. The number of pyridine rings is 1. The number of nitrogens with zero attached hydrogens (tertiary/aromatic N) is 8. The number of amides is 4. The number of piperidine rings is 4. The molecule has 65 heavy (non-hydrogen) atoms. The van der Waals surface area contributed by atoms with Crippen LogP contribution in [0.5, 0.6) is 0 Å². The molecule has 5 saturated heterocycles. The van der Waals surface area contributed by atoms with Gasteiger partial charge in [-0.1, -0.05) is 6.07 Å². The van der Waals surface area contributed by atoms with Gasteiger partial charge >= 0.3 is 6.18 Å². The van der Waals surface area contributed by atoms with Crippen LogP contribution in [-0.4, -0.2) is 128 Å². The Morgan fingerprint density at radius 1 is 0.738 bits per heavy atom. The minimum atomic E-state index is -4.61. The second-order valence-electron chi connectivity index (χ2n) is 18.7. The summed E-state index contributed by atoms with van der Waals surface area (Å²) in [6, 6.07) is 13.1. The van der Waals surface area contributed by atoms with Crippen molar-refractivity contribution in [3.63, 3.8) is 0 Å². The lowest BCUT2D eigenvalue weighted by molar-refractivity contribution is -0.138. The van der Waals surface area contributed by atoms with Gasteiger partial charge in [-0.15, -0.1) is 0 Å². The molecule has 0 aliphatic carbocycles. The van der Waals surface area contributed by atoms with Gasteiger partial charge in [0.1, 0.15) is 11.9 Å². The lowest BCUT2D eigenvalue weighted by Gasteiger charge is -2.41. The average molecular weight is 895 g/mol. The molecule has 0 spiro atoms. The van der Waals surface area contributed by atoms with Crippen LogP contribution in [0.2, 0.25) is 0 Å². The second kappa shape index (κ2) is 19.0. The number of carbonyl (C=O) groups excluding carboxylic acids is 4. The molecule has 0 saturated carbocycles. The first kappa shape index (κ1) is 44.5. The Hall–Kier alpha value is -5.73. The van der Waals surface area contributed by atoms with Crippen molar-refractivity contribution >= 4 is 52.2 Å². The largest absolute Gasteiger partial charge is 0.407 e. The number of fused-ring (bicyclic) bond motifs is 1. The number of piperazine rings is 1. The maximum atomic E-state index is 13.5. The number of rotatable bonds is 10. The number of imide groups is 1. The molecule has 1 aromatic heterocycles. The maximum absolute atomic E-state index is 13.5. The predicted octanol–water partition coefficient (Wildman–Crippen LogP) is 6.02. The summed E-state index contributed by atoms with van der Waals surface area (Å²) in [5.41, 5.74) is 2.83. The molecular formula is C48H57F3N10O4. The third kappa shape index (κ3) is 10.1. The molecule has 5 fully saturated rings. The van der Waals surface area contributed by atoms with Crippen LogP contribution in [0, 0.1) is 24.3 Å². The normalized spacial score (nSPS) is 22.2. The molecule has 14 nitrogen and oxygen atoms in total. The van der Waals surface area contributed by atoms with Gasteiger partial charge in [0.05, 0.1) is 24.0 Å². The van der Waals surface area contributed by atoms with E-state index in [1.165, 1.54) is 6.07 Å². The number of nitrogens with one attached hydrogen (secondary N) is 2. The van der Waals surface area contributed by atoms with E-state index in [4.69, 9.17) is 6.57 Å². The van der Waals surface area contributed by atoms with Crippen molar-refractivity contribution in [2.75, 3.05) is 98.6 Å². The van der Waals surface area contributed by atoms with E-state index in [1.54, 1.807) is 11.0 Å². The summed E-state index contributed by atoms with van der Waals surface area (Å²) < 4.78 is 40.5. The molecule has 9 rings (SSSR count). The first-order valence-corrected chi connectivity index (χ1v) is 23.2. The SMILES string of the molecule is [C-]#[N+]c1ccc(N2CCC(C(=O)Nc3ccc(N4CCC(CN5CCN(CC6CCN(c7ccc8c(c7)CN(C7CCC(=O)NC7=O)C8=O)CC6)CC5)CC4)cn3)CC2)cc1C(F)(F)F. The number of halogens is 3. The zero-order chi connectivity index (χ0) is 45.2. The molecule has 6 aliphatic rings. The van der Waals surface area contributed by atoms with Crippen molar-refractivity contribution in [1.29, 1.82) is 0 Å². The fourth-order valence-corrected chi connectivity index (χ4v) is 10.7. The van der Waals surface area contributed by atoms with Crippen molar-refractivity contribution < 1.29 is 32.3 Å². The van der Waals surface area contributed by atoms with Gasteiger partial charge < -0.3 is 34.7 Å². The standard InChI is InChI=1S/C48H57F3N10O4/c1-52-41-6-3-37(27-40(41)48(49,50)51)59-20-14-34(15-21-59)45(63)54-43-8-4-38(28-53-43)60-18-12-33(13-19-60)30-57-24-22-56(23-25-57)29-32-10-16-58(17-11-32)36-2-5-39-35(26-36)31-61(47(39)65)42-7-9-44(62)55-46(42)64/h2-6,8,26-28,32-34,42H,7,9-25,29-31H2,(H,53,54,63)(H,55,62,64). The Morgan fingerprint density at radius 3 is 1.88 bits per heavy atom. The highest BCUT2D eigenvalue weighted by atomic mass is 19.4. The number of hydrogen-bond acceptors (Lipinski definition) is 10. The summed E-state index contributed by atoms with van der Waals surface area (Å²) in [5.74, 6) is 0.604. The van der Waals surface area contributed by atoms with Crippen molar-refractivity contribution in [3.05, 3.63) is 82.8 Å². The number of carbonyl (C=O) groups is 4. The van der Waals surface area contributed by atoms with Crippen molar-refractivity contribution in [1.82, 2.24) is 25.0 Å². The molecule has 0 bridgehead atoms. The monoisotopic (exact) mass is 894 g/mol. The number of aromatic nitrogens is 1. The lowest BCUT2D eigenvalue weighted by Crippen LogP contribution is -2.52. The van der Waals surface area contributed by atoms with E-state index in [9.17, 15) is 32.3 Å². The molecule has 4 amide bonds. The Balaban J connectivity index is 0.655. The highest BCUT2D eigenvalue weighted by molar-refractivity contribution is 6.05. The van der Waals surface area contributed by atoms with Crippen molar-refractivity contribution in [2.45, 2.75) is 70.1 Å². The number of anilines is 4. The zero-order valence-corrected chi connectivity index (χ0v) is 36.7. The highest BCUT2D eigenvalue weighted by Gasteiger charge is 2.40. The topological polar surface area (TPSA) is 129 Å². The van der Waals surface area contributed by atoms with Crippen LogP contribution in [0.15, 0.2) is 54.7 Å². The lowest BCUT2D eigenvalue weighted by atomic mass is 9.94. The smallest absolute Gasteiger partial charge is 0.372 e. The molecule has 1 atom stereocenters. The van der Waals surface area contributed by atoms with Crippen LogP contribution >= 0.6 is 0 Å². The van der Waals surface area contributed by atoms with Gasteiger partial charge in [-0.05, 0) is 105 Å². The summed E-state index contributed by atoms with van der Waals surface area (Å²) in [6.45, 7) is 18.9. The summed E-state index contributed by atoms with van der Waals surface area (Å²) >= 11 is 0. The minimum Gasteiger partial charge on any atom is -0.372 e. The van der Waals surface area contributed by atoms with Gasteiger partial charge in [-0.25, -0.2) is 9.83 Å². The average Bonchev–Trinajstić information content (AvgIpc) is 3.64.